The molecule has 98 valence electrons. The number of halogens is 4. The molecular weight excluding hydrogens is 263 g/mol. The number of hydrogen-bond acceptors (Lipinski definition) is 5. The van der Waals surface area contributed by atoms with E-state index in [0.29, 0.717) is 0 Å². The van der Waals surface area contributed by atoms with Crippen LogP contribution in [0, 0.1) is 0 Å². The molecule has 5 nitrogen and oxygen atoms in total. The Balaban J connectivity index is 2.81. The van der Waals surface area contributed by atoms with Crippen LogP contribution in [0.5, 0.6) is 0 Å². The first-order valence-electron chi connectivity index (χ1n) is 4.73. The van der Waals surface area contributed by atoms with Crippen LogP contribution in [-0.2, 0) is 0 Å². The summed E-state index contributed by atoms with van der Waals surface area (Å²) in [5, 5.41) is 15.1. The zero-order valence-electron chi connectivity index (χ0n) is 8.91. The summed E-state index contributed by atoms with van der Waals surface area (Å²) in [7, 11) is 0. The van der Waals surface area contributed by atoms with Gasteiger partial charge in [0.15, 0.2) is 0 Å². The maximum absolute atomic E-state index is 12.2. The van der Waals surface area contributed by atoms with Crippen LogP contribution < -0.4 is 4.90 Å². The van der Waals surface area contributed by atoms with E-state index in [4.69, 9.17) is 21.1 Å². The van der Waals surface area contributed by atoms with Crippen LogP contribution in [0.15, 0.2) is 4.42 Å². The molecule has 0 bridgehead atoms. The van der Waals surface area contributed by atoms with Crippen LogP contribution in [0.1, 0.15) is 18.2 Å². The molecule has 0 aliphatic carbocycles. The molecule has 1 heterocycles. The van der Waals surface area contributed by atoms with E-state index in [0.717, 1.165) is 4.90 Å². The average molecular weight is 274 g/mol. The van der Waals surface area contributed by atoms with Gasteiger partial charge in [-0.15, -0.1) is 16.7 Å². The van der Waals surface area contributed by atoms with Gasteiger partial charge in [0.1, 0.15) is 11.9 Å². The summed E-state index contributed by atoms with van der Waals surface area (Å²) in [5.74, 6) is 0.0341. The SMILES string of the molecule is CC(Cl)c1nnc(N(CCO)CC(F)(F)F)o1. The summed E-state index contributed by atoms with van der Waals surface area (Å²) >= 11 is 5.64. The van der Waals surface area contributed by atoms with Crippen LogP contribution in [0.2, 0.25) is 0 Å². The van der Waals surface area contributed by atoms with E-state index in [2.05, 4.69) is 10.2 Å². The number of rotatable bonds is 5. The minimum Gasteiger partial charge on any atom is -0.406 e. The van der Waals surface area contributed by atoms with E-state index in [1.54, 1.807) is 6.92 Å². The molecule has 0 aromatic carbocycles. The number of aromatic nitrogens is 2. The summed E-state index contributed by atoms with van der Waals surface area (Å²) < 4.78 is 41.7. The van der Waals surface area contributed by atoms with Gasteiger partial charge in [0.05, 0.1) is 6.61 Å². The largest absolute Gasteiger partial charge is 0.406 e. The number of aliphatic hydroxyl groups is 1. The lowest BCUT2D eigenvalue weighted by Crippen LogP contribution is -2.36. The summed E-state index contributed by atoms with van der Waals surface area (Å²) in [6.07, 6.45) is -4.42. The Labute approximate surface area is 100 Å². The number of anilines is 1. The predicted octanol–water partition coefficient (Wildman–Crippen LogP) is 1.73. The highest BCUT2D eigenvalue weighted by atomic mass is 35.5. The third-order valence-electron chi connectivity index (χ3n) is 1.78. The predicted molar refractivity (Wildman–Crippen MR) is 53.9 cm³/mol. The molecule has 0 saturated carbocycles. The highest BCUT2D eigenvalue weighted by Crippen LogP contribution is 2.24. The molecule has 1 aromatic rings. The Bertz CT molecular complexity index is 356. The van der Waals surface area contributed by atoms with Crippen molar-refractivity contribution in [3.63, 3.8) is 0 Å². The zero-order chi connectivity index (χ0) is 13.1. The molecule has 9 heteroatoms. The van der Waals surface area contributed by atoms with Gasteiger partial charge in [-0.3, -0.25) is 0 Å². The van der Waals surface area contributed by atoms with Crippen molar-refractivity contribution in [3.05, 3.63) is 5.89 Å². The molecular formula is C8H11ClF3N3O2. The van der Waals surface area contributed by atoms with Crippen molar-refractivity contribution in [1.29, 1.82) is 0 Å². The van der Waals surface area contributed by atoms with Crippen molar-refractivity contribution in [2.75, 3.05) is 24.6 Å². The van der Waals surface area contributed by atoms with Gasteiger partial charge in [-0.05, 0) is 6.92 Å². The molecule has 1 unspecified atom stereocenters. The molecule has 0 spiro atoms. The van der Waals surface area contributed by atoms with E-state index in [1.807, 2.05) is 0 Å². The lowest BCUT2D eigenvalue weighted by atomic mass is 10.5. The molecule has 1 N–H and O–H groups in total. The number of nitrogens with zero attached hydrogens (tertiary/aromatic N) is 3. The fourth-order valence-corrected chi connectivity index (χ4v) is 1.18. The van der Waals surface area contributed by atoms with Gasteiger partial charge >= 0.3 is 12.2 Å². The van der Waals surface area contributed by atoms with E-state index >= 15 is 0 Å². The molecule has 0 radical (unpaired) electrons. The highest BCUT2D eigenvalue weighted by molar-refractivity contribution is 6.20. The van der Waals surface area contributed by atoms with Gasteiger partial charge in [0.2, 0.25) is 5.89 Å². The normalized spacial score (nSPS) is 13.8. The second-order valence-corrected chi connectivity index (χ2v) is 3.95. The fraction of sp³-hybridized carbons (Fsp3) is 0.750. The standard InChI is InChI=1S/C8H11ClF3N3O2/c1-5(9)6-13-14-7(17-6)15(2-3-16)4-8(10,11)12/h5,16H,2-4H2,1H3. The summed E-state index contributed by atoms with van der Waals surface area (Å²) in [4.78, 5) is 0.746. The number of aliphatic hydroxyl groups excluding tert-OH is 1. The van der Waals surface area contributed by atoms with Gasteiger partial charge in [0.25, 0.3) is 0 Å². The average Bonchev–Trinajstić information content (AvgIpc) is 2.63. The maximum Gasteiger partial charge on any atom is 0.406 e. The lowest BCUT2D eigenvalue weighted by molar-refractivity contribution is -0.120. The molecule has 0 fully saturated rings. The Morgan fingerprint density at radius 1 is 1.47 bits per heavy atom. The monoisotopic (exact) mass is 273 g/mol. The van der Waals surface area contributed by atoms with Crippen LogP contribution in [0.4, 0.5) is 19.2 Å². The van der Waals surface area contributed by atoms with Crippen molar-refractivity contribution < 1.29 is 22.7 Å². The first kappa shape index (κ1) is 14.0. The minimum absolute atomic E-state index is 0.0341. The van der Waals surface area contributed by atoms with Gasteiger partial charge in [-0.1, -0.05) is 5.10 Å². The van der Waals surface area contributed by atoms with Crippen LogP contribution in [0.25, 0.3) is 0 Å². The fourth-order valence-electron chi connectivity index (χ4n) is 1.09. The van der Waals surface area contributed by atoms with Crippen LogP contribution in [-0.4, -0.2) is 41.2 Å². The van der Waals surface area contributed by atoms with E-state index in [-0.39, 0.29) is 18.5 Å². The summed E-state index contributed by atoms with van der Waals surface area (Å²) in [5.41, 5.74) is 0. The Morgan fingerprint density at radius 2 is 2.12 bits per heavy atom. The molecule has 1 rings (SSSR count). The Morgan fingerprint density at radius 3 is 2.53 bits per heavy atom. The lowest BCUT2D eigenvalue weighted by Gasteiger charge is -2.20. The van der Waals surface area contributed by atoms with Crippen molar-refractivity contribution in [2.45, 2.75) is 18.5 Å². The van der Waals surface area contributed by atoms with Gasteiger partial charge in [-0.2, -0.15) is 13.2 Å². The van der Waals surface area contributed by atoms with E-state index < -0.39 is 24.7 Å². The second-order valence-electron chi connectivity index (χ2n) is 3.30. The topological polar surface area (TPSA) is 62.4 Å². The number of hydrogen-bond donors (Lipinski definition) is 1. The molecule has 0 aliphatic rings. The molecule has 0 aliphatic heterocycles. The first-order chi connectivity index (χ1) is 7.83. The molecule has 0 amide bonds. The second kappa shape index (κ2) is 5.54. The first-order valence-corrected chi connectivity index (χ1v) is 5.17. The van der Waals surface area contributed by atoms with Crippen LogP contribution >= 0.6 is 11.6 Å². The van der Waals surface area contributed by atoms with Crippen molar-refractivity contribution in [3.8, 4) is 0 Å². The maximum atomic E-state index is 12.2. The Hall–Kier alpha value is -1.02. The summed E-state index contributed by atoms with van der Waals surface area (Å²) in [6, 6.07) is -0.307. The molecule has 0 saturated heterocycles. The minimum atomic E-state index is -4.42. The van der Waals surface area contributed by atoms with E-state index in [9.17, 15) is 13.2 Å². The number of alkyl halides is 4. The third kappa shape index (κ3) is 4.39. The third-order valence-corrected chi connectivity index (χ3v) is 1.97. The van der Waals surface area contributed by atoms with Crippen LogP contribution in [0.3, 0.4) is 0 Å². The summed E-state index contributed by atoms with van der Waals surface area (Å²) in [6.45, 7) is -0.424. The Kier molecular flexibility index (Phi) is 4.58. The molecule has 1 aromatic heterocycles. The zero-order valence-corrected chi connectivity index (χ0v) is 9.66. The van der Waals surface area contributed by atoms with Gasteiger partial charge < -0.3 is 14.4 Å². The molecule has 17 heavy (non-hydrogen) atoms. The van der Waals surface area contributed by atoms with Gasteiger partial charge in [0, 0.05) is 6.54 Å². The van der Waals surface area contributed by atoms with Crippen molar-refractivity contribution >= 4 is 17.6 Å². The van der Waals surface area contributed by atoms with Crippen molar-refractivity contribution in [1.82, 2.24) is 10.2 Å². The molecule has 1 atom stereocenters. The van der Waals surface area contributed by atoms with Gasteiger partial charge in [-0.25, -0.2) is 0 Å². The van der Waals surface area contributed by atoms with Crippen molar-refractivity contribution in [2.24, 2.45) is 0 Å². The highest BCUT2D eigenvalue weighted by Gasteiger charge is 2.32. The smallest absolute Gasteiger partial charge is 0.406 e. The van der Waals surface area contributed by atoms with E-state index in [1.165, 1.54) is 0 Å². The quantitative estimate of drug-likeness (QED) is 0.828.